The van der Waals surface area contributed by atoms with Gasteiger partial charge in [0.05, 0.1) is 0 Å². The van der Waals surface area contributed by atoms with Gasteiger partial charge in [0.2, 0.25) is 0 Å². The van der Waals surface area contributed by atoms with E-state index in [4.69, 9.17) is 5.73 Å². The van der Waals surface area contributed by atoms with Gasteiger partial charge in [-0.3, -0.25) is 0 Å². The number of guanidine groups is 1. The van der Waals surface area contributed by atoms with Crippen LogP contribution in [-0.2, 0) is 0 Å². The van der Waals surface area contributed by atoms with Crippen LogP contribution in [0, 0.1) is 20.8 Å². The molecule has 0 spiro atoms. The van der Waals surface area contributed by atoms with Crippen molar-refractivity contribution in [1.82, 2.24) is 4.98 Å². The zero-order chi connectivity index (χ0) is 13.8. The van der Waals surface area contributed by atoms with E-state index in [2.05, 4.69) is 28.3 Å². The zero-order valence-electron chi connectivity index (χ0n) is 11.4. The molecule has 0 aliphatic heterocycles. The van der Waals surface area contributed by atoms with E-state index in [1.807, 2.05) is 38.1 Å². The van der Waals surface area contributed by atoms with E-state index in [0.29, 0.717) is 11.8 Å². The first kappa shape index (κ1) is 13.1. The van der Waals surface area contributed by atoms with Gasteiger partial charge < -0.3 is 11.1 Å². The summed E-state index contributed by atoms with van der Waals surface area (Å²) in [6.07, 6.45) is 1.72. The maximum absolute atomic E-state index is 5.89. The van der Waals surface area contributed by atoms with Crippen molar-refractivity contribution in [3.05, 3.63) is 53.2 Å². The summed E-state index contributed by atoms with van der Waals surface area (Å²) in [5, 5.41) is 3.09. The van der Waals surface area contributed by atoms with E-state index in [9.17, 15) is 0 Å². The predicted molar refractivity (Wildman–Crippen MR) is 79.8 cm³/mol. The lowest BCUT2D eigenvalue weighted by molar-refractivity contribution is 1.23. The van der Waals surface area contributed by atoms with Gasteiger partial charge in [-0.05, 0) is 50.1 Å². The number of anilines is 1. The van der Waals surface area contributed by atoms with Gasteiger partial charge in [0.25, 0.3) is 0 Å². The highest BCUT2D eigenvalue weighted by Gasteiger charge is 2.00. The molecule has 0 bridgehead atoms. The van der Waals surface area contributed by atoms with Crippen LogP contribution in [0.15, 0.2) is 41.5 Å². The van der Waals surface area contributed by atoms with Gasteiger partial charge in [-0.2, -0.15) is 4.99 Å². The number of hydrogen-bond donors (Lipinski definition) is 2. The summed E-state index contributed by atoms with van der Waals surface area (Å²) in [4.78, 5) is 8.40. The number of aromatic nitrogens is 1. The van der Waals surface area contributed by atoms with Gasteiger partial charge in [0.15, 0.2) is 11.8 Å². The lowest BCUT2D eigenvalue weighted by atomic mass is 10.1. The molecule has 2 aromatic rings. The van der Waals surface area contributed by atoms with Gasteiger partial charge >= 0.3 is 0 Å². The van der Waals surface area contributed by atoms with E-state index in [1.54, 1.807) is 6.20 Å². The average Bonchev–Trinajstić information content (AvgIpc) is 2.33. The predicted octanol–water partition coefficient (Wildman–Crippen LogP) is 3.07. The number of hydrogen-bond acceptors (Lipinski definition) is 2. The molecule has 2 rings (SSSR count). The first-order valence-electron chi connectivity index (χ1n) is 6.16. The maximum Gasteiger partial charge on any atom is 0.199 e. The first-order valence-corrected chi connectivity index (χ1v) is 6.16. The Balaban J connectivity index is 2.18. The number of rotatable bonds is 2. The summed E-state index contributed by atoms with van der Waals surface area (Å²) in [6, 6.07) is 9.94. The number of nitrogens with two attached hydrogens (primary N) is 1. The number of pyridine rings is 1. The molecule has 3 N–H and O–H groups in total. The molecular weight excluding hydrogens is 236 g/mol. The monoisotopic (exact) mass is 254 g/mol. The van der Waals surface area contributed by atoms with Crippen LogP contribution in [0.5, 0.6) is 0 Å². The molecule has 0 radical (unpaired) electrons. The van der Waals surface area contributed by atoms with Crippen LogP contribution in [0.2, 0.25) is 0 Å². The van der Waals surface area contributed by atoms with Crippen molar-refractivity contribution >= 4 is 17.5 Å². The van der Waals surface area contributed by atoms with Gasteiger partial charge in [0.1, 0.15) is 0 Å². The second-order valence-corrected chi connectivity index (χ2v) is 4.63. The number of nitrogens with zero attached hydrogens (tertiary/aromatic N) is 2. The molecule has 0 saturated carbocycles. The second-order valence-electron chi connectivity index (χ2n) is 4.63. The highest BCUT2D eigenvalue weighted by atomic mass is 15.1. The lowest BCUT2D eigenvalue weighted by Crippen LogP contribution is -2.22. The molecule has 0 unspecified atom stereocenters. The number of aliphatic imine (C=N–C) groups is 1. The normalized spacial score (nSPS) is 11.4. The molecule has 0 atom stereocenters. The molecule has 0 amide bonds. The van der Waals surface area contributed by atoms with Crippen LogP contribution in [0.1, 0.15) is 16.7 Å². The Morgan fingerprint density at radius 1 is 1.11 bits per heavy atom. The Hall–Kier alpha value is -2.36. The minimum Gasteiger partial charge on any atom is -0.369 e. The minimum absolute atomic E-state index is 0.338. The molecule has 19 heavy (non-hydrogen) atoms. The fraction of sp³-hybridized carbons (Fsp3) is 0.200. The molecule has 1 aromatic carbocycles. The van der Waals surface area contributed by atoms with Crippen LogP contribution >= 0.6 is 0 Å². The highest BCUT2D eigenvalue weighted by Crippen LogP contribution is 2.16. The van der Waals surface area contributed by atoms with E-state index >= 15 is 0 Å². The number of nitrogens with one attached hydrogen (secondary N) is 1. The molecule has 0 aliphatic rings. The maximum atomic E-state index is 5.89. The molecule has 98 valence electrons. The average molecular weight is 254 g/mol. The van der Waals surface area contributed by atoms with Crippen LogP contribution in [0.25, 0.3) is 0 Å². The second kappa shape index (κ2) is 5.52. The van der Waals surface area contributed by atoms with E-state index < -0.39 is 0 Å². The topological polar surface area (TPSA) is 63.3 Å². The van der Waals surface area contributed by atoms with Crippen molar-refractivity contribution in [2.45, 2.75) is 20.8 Å². The molecular formula is C15H18N4. The van der Waals surface area contributed by atoms with Crippen molar-refractivity contribution in [2.24, 2.45) is 10.7 Å². The Morgan fingerprint density at radius 2 is 1.84 bits per heavy atom. The summed E-state index contributed by atoms with van der Waals surface area (Å²) < 4.78 is 0. The first-order chi connectivity index (χ1) is 9.04. The third kappa shape index (κ3) is 3.55. The van der Waals surface area contributed by atoms with Gasteiger partial charge in [-0.15, -0.1) is 0 Å². The van der Waals surface area contributed by atoms with Gasteiger partial charge in [-0.25, -0.2) is 4.98 Å². The van der Waals surface area contributed by atoms with E-state index in [0.717, 1.165) is 16.8 Å². The van der Waals surface area contributed by atoms with Crippen LogP contribution in [0.3, 0.4) is 0 Å². The third-order valence-corrected chi connectivity index (χ3v) is 2.78. The summed E-state index contributed by atoms with van der Waals surface area (Å²) >= 11 is 0. The number of aryl methyl sites for hydroxylation is 3. The van der Waals surface area contributed by atoms with Crippen LogP contribution in [0.4, 0.5) is 11.5 Å². The van der Waals surface area contributed by atoms with Crippen molar-refractivity contribution in [3.8, 4) is 0 Å². The Kier molecular flexibility index (Phi) is 3.80. The fourth-order valence-corrected chi connectivity index (χ4v) is 1.82. The molecule has 1 heterocycles. The molecule has 0 fully saturated rings. The third-order valence-electron chi connectivity index (χ3n) is 2.78. The van der Waals surface area contributed by atoms with Crippen LogP contribution < -0.4 is 11.1 Å². The molecule has 1 aromatic heterocycles. The number of benzene rings is 1. The Bertz CT molecular complexity index is 617. The summed E-state index contributed by atoms with van der Waals surface area (Å²) in [7, 11) is 0. The van der Waals surface area contributed by atoms with Crippen molar-refractivity contribution in [2.75, 3.05) is 5.32 Å². The summed E-state index contributed by atoms with van der Waals surface area (Å²) in [5.41, 5.74) is 10.3. The van der Waals surface area contributed by atoms with E-state index in [1.165, 1.54) is 5.56 Å². The molecule has 4 heteroatoms. The molecule has 4 nitrogen and oxygen atoms in total. The quantitative estimate of drug-likeness (QED) is 0.639. The molecule has 0 aliphatic carbocycles. The smallest absolute Gasteiger partial charge is 0.199 e. The lowest BCUT2D eigenvalue weighted by Gasteiger charge is -2.09. The van der Waals surface area contributed by atoms with Gasteiger partial charge in [-0.1, -0.05) is 17.7 Å². The summed E-state index contributed by atoms with van der Waals surface area (Å²) in [6.45, 7) is 6.09. The zero-order valence-corrected chi connectivity index (χ0v) is 11.4. The fourth-order valence-electron chi connectivity index (χ4n) is 1.82. The van der Waals surface area contributed by atoms with Crippen molar-refractivity contribution in [3.63, 3.8) is 0 Å². The SMILES string of the molecule is Cc1ccnc(N=C(N)Nc2ccc(C)cc2C)c1. The largest absolute Gasteiger partial charge is 0.369 e. The summed E-state index contributed by atoms with van der Waals surface area (Å²) in [5.74, 6) is 0.944. The highest BCUT2D eigenvalue weighted by molar-refractivity contribution is 5.94. The van der Waals surface area contributed by atoms with Gasteiger partial charge in [0, 0.05) is 11.9 Å². The molecule has 0 saturated heterocycles. The van der Waals surface area contributed by atoms with Crippen LogP contribution in [-0.4, -0.2) is 10.9 Å². The van der Waals surface area contributed by atoms with Crippen molar-refractivity contribution < 1.29 is 0 Å². The van der Waals surface area contributed by atoms with E-state index in [-0.39, 0.29) is 0 Å². The minimum atomic E-state index is 0.338. The van der Waals surface area contributed by atoms with Crippen molar-refractivity contribution in [1.29, 1.82) is 0 Å². The Labute approximate surface area is 113 Å². The standard InChI is InChI=1S/C15H18N4/c1-10-4-5-13(12(3)8-10)18-15(16)19-14-9-11(2)6-7-17-14/h4-9H,1-3H3,(H3,16,17,18,19). The Morgan fingerprint density at radius 3 is 2.53 bits per heavy atom.